The average molecular weight is 462 g/mol. The summed E-state index contributed by atoms with van der Waals surface area (Å²) in [6.45, 7) is 11.7. The van der Waals surface area contributed by atoms with E-state index in [0.29, 0.717) is 5.92 Å². The van der Waals surface area contributed by atoms with Crippen molar-refractivity contribution in [3.63, 3.8) is 0 Å². The van der Waals surface area contributed by atoms with E-state index in [2.05, 4.69) is 53.4 Å². The van der Waals surface area contributed by atoms with Gasteiger partial charge in [-0.15, -0.1) is 24.0 Å². The molecule has 0 aliphatic rings. The van der Waals surface area contributed by atoms with Crippen molar-refractivity contribution in [2.45, 2.75) is 33.1 Å². The minimum Gasteiger partial charge on any atom is -0.497 e. The minimum atomic E-state index is 0. The fourth-order valence-electron chi connectivity index (χ4n) is 2.60. The van der Waals surface area contributed by atoms with Crippen molar-refractivity contribution in [2.75, 3.05) is 46.9 Å². The number of nitrogens with one attached hydrogen (secondary N) is 2. The second-order valence-corrected chi connectivity index (χ2v) is 5.92. The van der Waals surface area contributed by atoms with Crippen LogP contribution in [0.1, 0.15) is 38.7 Å². The average Bonchev–Trinajstić information content (AvgIpc) is 2.63. The maximum atomic E-state index is 5.21. The molecule has 1 unspecified atom stereocenters. The Morgan fingerprint density at radius 2 is 1.72 bits per heavy atom. The Bertz CT molecular complexity index is 475. The van der Waals surface area contributed by atoms with Crippen LogP contribution in [0.3, 0.4) is 0 Å². The van der Waals surface area contributed by atoms with Gasteiger partial charge in [-0.3, -0.25) is 4.99 Å². The number of aliphatic imine (C=N–C) groups is 1. The number of guanidine groups is 1. The molecular weight excluding hydrogens is 427 g/mol. The van der Waals surface area contributed by atoms with Crippen LogP contribution in [0, 0.1) is 0 Å². The van der Waals surface area contributed by atoms with Gasteiger partial charge >= 0.3 is 0 Å². The van der Waals surface area contributed by atoms with Gasteiger partial charge in [0.15, 0.2) is 5.96 Å². The molecule has 0 aliphatic heterocycles. The molecule has 2 N–H and O–H groups in total. The maximum absolute atomic E-state index is 5.21. The lowest BCUT2D eigenvalue weighted by atomic mass is 9.98. The summed E-state index contributed by atoms with van der Waals surface area (Å²) in [6, 6.07) is 8.32. The molecule has 144 valence electrons. The van der Waals surface area contributed by atoms with Crippen LogP contribution >= 0.6 is 24.0 Å². The molecule has 1 rings (SSSR count). The van der Waals surface area contributed by atoms with Gasteiger partial charge in [0, 0.05) is 26.7 Å². The Morgan fingerprint density at radius 1 is 1.12 bits per heavy atom. The number of benzene rings is 1. The first kappa shape index (κ1) is 24.0. The van der Waals surface area contributed by atoms with E-state index in [1.54, 1.807) is 7.11 Å². The summed E-state index contributed by atoms with van der Waals surface area (Å²) in [5, 5.41) is 6.78. The van der Waals surface area contributed by atoms with E-state index in [0.717, 1.165) is 50.9 Å². The van der Waals surface area contributed by atoms with Crippen LogP contribution < -0.4 is 15.4 Å². The number of rotatable bonds is 10. The third-order valence-corrected chi connectivity index (χ3v) is 4.39. The molecular formula is C19H35IN4O. The summed E-state index contributed by atoms with van der Waals surface area (Å²) in [5.41, 5.74) is 1.34. The molecule has 6 heteroatoms. The van der Waals surface area contributed by atoms with Gasteiger partial charge in [0.25, 0.3) is 0 Å². The third kappa shape index (κ3) is 9.30. The number of hydrogen-bond acceptors (Lipinski definition) is 3. The lowest BCUT2D eigenvalue weighted by molar-refractivity contribution is 0.308. The summed E-state index contributed by atoms with van der Waals surface area (Å²) in [5.74, 6) is 2.28. The normalized spacial score (nSPS) is 12.5. The second-order valence-electron chi connectivity index (χ2n) is 5.92. The van der Waals surface area contributed by atoms with Crippen molar-refractivity contribution in [2.24, 2.45) is 4.99 Å². The molecule has 1 atom stereocenters. The van der Waals surface area contributed by atoms with E-state index in [4.69, 9.17) is 4.74 Å². The molecule has 1 aromatic rings. The second kappa shape index (κ2) is 14.2. The van der Waals surface area contributed by atoms with Crippen LogP contribution in [0.4, 0.5) is 0 Å². The fraction of sp³-hybridized carbons (Fsp3) is 0.632. The first-order valence-corrected chi connectivity index (χ1v) is 8.95. The number of nitrogens with zero attached hydrogens (tertiary/aromatic N) is 2. The predicted octanol–water partition coefficient (Wildman–Crippen LogP) is 3.31. The predicted molar refractivity (Wildman–Crippen MR) is 119 cm³/mol. The molecule has 5 nitrogen and oxygen atoms in total. The highest BCUT2D eigenvalue weighted by Gasteiger charge is 2.06. The van der Waals surface area contributed by atoms with Crippen molar-refractivity contribution in [3.05, 3.63) is 29.8 Å². The van der Waals surface area contributed by atoms with E-state index >= 15 is 0 Å². The van der Waals surface area contributed by atoms with Crippen LogP contribution in [0.5, 0.6) is 5.75 Å². The Kier molecular flexibility index (Phi) is 13.6. The van der Waals surface area contributed by atoms with E-state index in [1.165, 1.54) is 5.56 Å². The van der Waals surface area contributed by atoms with E-state index in [9.17, 15) is 0 Å². The molecule has 0 bridgehead atoms. The zero-order valence-corrected chi connectivity index (χ0v) is 18.7. The number of methoxy groups -OCH3 is 1. The number of likely N-dealkylation sites (N-methyl/N-ethyl adjacent to an activating group) is 1. The van der Waals surface area contributed by atoms with Crippen molar-refractivity contribution in [3.8, 4) is 5.75 Å². The zero-order chi connectivity index (χ0) is 17.8. The van der Waals surface area contributed by atoms with Crippen LogP contribution in [-0.4, -0.2) is 57.7 Å². The third-order valence-electron chi connectivity index (χ3n) is 4.39. The molecule has 1 aromatic carbocycles. The summed E-state index contributed by atoms with van der Waals surface area (Å²) in [7, 11) is 3.51. The fourth-order valence-corrected chi connectivity index (χ4v) is 2.60. The van der Waals surface area contributed by atoms with Gasteiger partial charge in [0.2, 0.25) is 0 Å². The van der Waals surface area contributed by atoms with Gasteiger partial charge in [-0.2, -0.15) is 0 Å². The SMILES string of the molecule is CCN(CC)CCNC(=NC)NCCC(C)c1ccc(OC)cc1.I. The van der Waals surface area contributed by atoms with Crippen LogP contribution in [-0.2, 0) is 0 Å². The smallest absolute Gasteiger partial charge is 0.191 e. The highest BCUT2D eigenvalue weighted by molar-refractivity contribution is 14.0. The van der Waals surface area contributed by atoms with Crippen LogP contribution in [0.25, 0.3) is 0 Å². The Labute approximate surface area is 170 Å². The minimum absolute atomic E-state index is 0. The highest BCUT2D eigenvalue weighted by atomic mass is 127. The molecule has 0 spiro atoms. The highest BCUT2D eigenvalue weighted by Crippen LogP contribution is 2.21. The molecule has 0 amide bonds. The summed E-state index contributed by atoms with van der Waals surface area (Å²) in [4.78, 5) is 6.68. The topological polar surface area (TPSA) is 48.9 Å². The Balaban J connectivity index is 0.00000576. The lowest BCUT2D eigenvalue weighted by Crippen LogP contribution is -2.42. The molecule has 0 radical (unpaired) electrons. The summed E-state index contributed by atoms with van der Waals surface area (Å²) >= 11 is 0. The van der Waals surface area contributed by atoms with Crippen LogP contribution in [0.2, 0.25) is 0 Å². The molecule has 0 aliphatic carbocycles. The molecule has 0 saturated carbocycles. The summed E-state index contributed by atoms with van der Waals surface area (Å²) in [6.07, 6.45) is 1.06. The molecule has 0 aromatic heterocycles. The molecule has 0 saturated heterocycles. The van der Waals surface area contributed by atoms with Crippen molar-refractivity contribution in [1.82, 2.24) is 15.5 Å². The van der Waals surface area contributed by atoms with Gasteiger partial charge in [0.1, 0.15) is 5.75 Å². The van der Waals surface area contributed by atoms with E-state index in [-0.39, 0.29) is 24.0 Å². The summed E-state index contributed by atoms with van der Waals surface area (Å²) < 4.78 is 5.21. The number of hydrogen-bond donors (Lipinski definition) is 2. The van der Waals surface area contributed by atoms with Gasteiger partial charge < -0.3 is 20.3 Å². The quantitative estimate of drug-likeness (QED) is 0.318. The first-order valence-electron chi connectivity index (χ1n) is 8.95. The standard InChI is InChI=1S/C19H34N4O.HI/c1-6-23(7-2)15-14-22-19(20-4)21-13-12-16(3)17-8-10-18(24-5)11-9-17;/h8-11,16H,6-7,12-15H2,1-5H3,(H2,20,21,22);1H. The molecule has 0 fully saturated rings. The van der Waals surface area contributed by atoms with E-state index < -0.39 is 0 Å². The maximum Gasteiger partial charge on any atom is 0.191 e. The van der Waals surface area contributed by atoms with E-state index in [1.807, 2.05) is 19.2 Å². The van der Waals surface area contributed by atoms with Gasteiger partial charge in [-0.1, -0.05) is 32.9 Å². The van der Waals surface area contributed by atoms with Gasteiger partial charge in [-0.25, -0.2) is 0 Å². The number of halogens is 1. The first-order chi connectivity index (χ1) is 11.6. The van der Waals surface area contributed by atoms with Gasteiger partial charge in [-0.05, 0) is 43.1 Å². The lowest BCUT2D eigenvalue weighted by Gasteiger charge is -2.19. The Morgan fingerprint density at radius 3 is 2.24 bits per heavy atom. The number of ether oxygens (including phenoxy) is 1. The molecule has 0 heterocycles. The van der Waals surface area contributed by atoms with Crippen LogP contribution in [0.15, 0.2) is 29.3 Å². The largest absolute Gasteiger partial charge is 0.497 e. The Hall–Kier alpha value is -1.02. The van der Waals surface area contributed by atoms with Crippen molar-refractivity contribution < 1.29 is 4.74 Å². The van der Waals surface area contributed by atoms with Gasteiger partial charge in [0.05, 0.1) is 7.11 Å². The monoisotopic (exact) mass is 462 g/mol. The molecule has 25 heavy (non-hydrogen) atoms. The zero-order valence-electron chi connectivity index (χ0n) is 16.3. The van der Waals surface area contributed by atoms with Crippen molar-refractivity contribution in [1.29, 1.82) is 0 Å². The van der Waals surface area contributed by atoms with Crippen molar-refractivity contribution >= 4 is 29.9 Å².